The number of aromatic nitrogens is 1. The lowest BCUT2D eigenvalue weighted by molar-refractivity contribution is -0.117. The van der Waals surface area contributed by atoms with Crippen molar-refractivity contribution < 1.29 is 17.6 Å². The molecule has 0 saturated heterocycles. The molecule has 0 atom stereocenters. The molecule has 0 unspecified atom stereocenters. The van der Waals surface area contributed by atoms with E-state index >= 15 is 0 Å². The van der Waals surface area contributed by atoms with Crippen molar-refractivity contribution in [3.05, 3.63) is 64.7 Å². The third-order valence-electron chi connectivity index (χ3n) is 3.97. The number of nitrogens with zero attached hydrogens (tertiary/aromatic N) is 2. The van der Waals surface area contributed by atoms with E-state index in [0.29, 0.717) is 20.6 Å². The molecule has 0 radical (unpaired) electrons. The van der Waals surface area contributed by atoms with Crippen LogP contribution in [0.25, 0.3) is 10.2 Å². The average Bonchev–Trinajstić information content (AvgIpc) is 2.97. The van der Waals surface area contributed by atoms with Crippen molar-refractivity contribution in [3.8, 4) is 12.3 Å². The van der Waals surface area contributed by atoms with Gasteiger partial charge in [0, 0.05) is 6.42 Å². The number of amides is 1. The predicted octanol–water partition coefficient (Wildman–Crippen LogP) is 2.91. The summed E-state index contributed by atoms with van der Waals surface area (Å²) in [6.45, 7) is 0.171. The van der Waals surface area contributed by atoms with Crippen LogP contribution < -0.4 is 4.80 Å². The summed E-state index contributed by atoms with van der Waals surface area (Å²) in [7, 11) is -3.44. The first-order valence-electron chi connectivity index (χ1n) is 8.42. The van der Waals surface area contributed by atoms with Crippen molar-refractivity contribution in [2.24, 2.45) is 4.99 Å². The van der Waals surface area contributed by atoms with Crippen LogP contribution in [0.1, 0.15) is 12.0 Å². The zero-order chi connectivity index (χ0) is 20.1. The lowest BCUT2D eigenvalue weighted by atomic mass is 10.2. The summed E-state index contributed by atoms with van der Waals surface area (Å²) < 4.78 is 40.2. The second-order valence-corrected chi connectivity index (χ2v) is 9.31. The van der Waals surface area contributed by atoms with E-state index in [9.17, 15) is 17.6 Å². The molecular formula is C20H17FN2O3S2. The first-order chi connectivity index (χ1) is 13.4. The van der Waals surface area contributed by atoms with Gasteiger partial charge in [0.1, 0.15) is 5.82 Å². The number of carbonyl (C=O) groups excluding carboxylic acids is 1. The van der Waals surface area contributed by atoms with E-state index < -0.39 is 21.6 Å². The number of benzene rings is 2. The smallest absolute Gasteiger partial charge is 0.249 e. The van der Waals surface area contributed by atoms with Crippen LogP contribution in [0, 0.1) is 18.2 Å². The SMILES string of the molecule is C#CCn1c(=NC(=O)CCS(=O)(=O)Cc2ccccc2)sc2cc(F)ccc21. The molecule has 1 amide bonds. The Morgan fingerprint density at radius 1 is 1.21 bits per heavy atom. The zero-order valence-electron chi connectivity index (χ0n) is 14.8. The van der Waals surface area contributed by atoms with Gasteiger partial charge < -0.3 is 4.57 Å². The Morgan fingerprint density at radius 2 is 1.96 bits per heavy atom. The van der Waals surface area contributed by atoms with Crippen LogP contribution in [0.4, 0.5) is 4.39 Å². The number of hydrogen-bond donors (Lipinski definition) is 0. The molecule has 5 nitrogen and oxygen atoms in total. The zero-order valence-corrected chi connectivity index (χ0v) is 16.5. The number of halogens is 1. The standard InChI is InChI=1S/C20H17FN2O3S2/c1-2-11-23-17-9-8-16(21)13-18(17)27-20(23)22-19(24)10-12-28(25,26)14-15-6-4-3-5-7-15/h1,3-9,13H,10-12,14H2. The third kappa shape index (κ3) is 4.94. The van der Waals surface area contributed by atoms with E-state index in [1.807, 2.05) is 0 Å². The number of carbonyl (C=O) groups is 1. The fourth-order valence-electron chi connectivity index (χ4n) is 2.68. The topological polar surface area (TPSA) is 68.5 Å². The Hall–Kier alpha value is -2.76. The van der Waals surface area contributed by atoms with Crippen molar-refractivity contribution in [3.63, 3.8) is 0 Å². The third-order valence-corrected chi connectivity index (χ3v) is 6.61. The average molecular weight is 416 g/mol. The summed E-state index contributed by atoms with van der Waals surface area (Å²) in [5.41, 5.74) is 1.35. The quantitative estimate of drug-likeness (QED) is 0.580. The summed E-state index contributed by atoms with van der Waals surface area (Å²) >= 11 is 1.13. The van der Waals surface area contributed by atoms with Gasteiger partial charge in [-0.05, 0) is 23.8 Å². The first-order valence-corrected chi connectivity index (χ1v) is 11.1. The fraction of sp³-hybridized carbons (Fsp3) is 0.200. The molecule has 3 aromatic rings. The monoisotopic (exact) mass is 416 g/mol. The lowest BCUT2D eigenvalue weighted by Crippen LogP contribution is -2.18. The molecule has 0 aliphatic rings. The number of terminal acetylenes is 1. The summed E-state index contributed by atoms with van der Waals surface area (Å²) in [4.78, 5) is 16.6. The normalized spacial score (nSPS) is 12.2. The van der Waals surface area contributed by atoms with E-state index in [1.165, 1.54) is 12.1 Å². The van der Waals surface area contributed by atoms with Crippen molar-refractivity contribution in [1.82, 2.24) is 4.57 Å². The highest BCUT2D eigenvalue weighted by Gasteiger charge is 2.15. The molecule has 1 aromatic heterocycles. The maximum absolute atomic E-state index is 13.4. The number of rotatable bonds is 6. The van der Waals surface area contributed by atoms with Gasteiger partial charge in [-0.25, -0.2) is 12.8 Å². The summed E-state index contributed by atoms with van der Waals surface area (Å²) in [6.07, 6.45) is 5.15. The molecule has 0 aliphatic heterocycles. The molecule has 2 aromatic carbocycles. The van der Waals surface area contributed by atoms with Crippen molar-refractivity contribution in [2.75, 3.05) is 5.75 Å². The Kier molecular flexibility index (Phi) is 6.07. The van der Waals surface area contributed by atoms with E-state index in [4.69, 9.17) is 6.42 Å². The molecule has 0 bridgehead atoms. The maximum atomic E-state index is 13.4. The number of sulfone groups is 1. The largest absolute Gasteiger partial charge is 0.305 e. The molecule has 1 heterocycles. The van der Waals surface area contributed by atoms with Crippen LogP contribution in [0.15, 0.2) is 53.5 Å². The molecule has 3 rings (SSSR count). The molecule has 144 valence electrons. The summed E-state index contributed by atoms with van der Waals surface area (Å²) in [6, 6.07) is 13.0. The van der Waals surface area contributed by atoms with Crippen LogP contribution in [0.3, 0.4) is 0 Å². The van der Waals surface area contributed by atoms with Crippen LogP contribution in [0.2, 0.25) is 0 Å². The predicted molar refractivity (Wildman–Crippen MR) is 108 cm³/mol. The highest BCUT2D eigenvalue weighted by molar-refractivity contribution is 7.90. The number of thiazole rings is 1. The first kappa shape index (κ1) is 20.0. The Morgan fingerprint density at radius 3 is 2.68 bits per heavy atom. The summed E-state index contributed by atoms with van der Waals surface area (Å²) in [5.74, 6) is 1.11. The van der Waals surface area contributed by atoms with Gasteiger partial charge in [0.25, 0.3) is 0 Å². The van der Waals surface area contributed by atoms with Crippen molar-refractivity contribution >= 4 is 37.3 Å². The molecule has 0 N–H and O–H groups in total. The van der Waals surface area contributed by atoms with Gasteiger partial charge in [0.2, 0.25) is 5.91 Å². The number of hydrogen-bond acceptors (Lipinski definition) is 4. The van der Waals surface area contributed by atoms with E-state index in [1.54, 1.807) is 41.0 Å². The minimum absolute atomic E-state index is 0.125. The van der Waals surface area contributed by atoms with Crippen LogP contribution in [0.5, 0.6) is 0 Å². The minimum atomic E-state index is -3.44. The minimum Gasteiger partial charge on any atom is -0.305 e. The highest BCUT2D eigenvalue weighted by atomic mass is 32.2. The van der Waals surface area contributed by atoms with Gasteiger partial charge in [-0.1, -0.05) is 47.6 Å². The van der Waals surface area contributed by atoms with Crippen LogP contribution in [-0.4, -0.2) is 24.6 Å². The van der Waals surface area contributed by atoms with E-state index in [2.05, 4.69) is 10.9 Å². The number of fused-ring (bicyclic) bond motifs is 1. The van der Waals surface area contributed by atoms with Crippen LogP contribution in [-0.2, 0) is 26.9 Å². The van der Waals surface area contributed by atoms with Gasteiger partial charge in [0.15, 0.2) is 14.6 Å². The Balaban J connectivity index is 1.79. The molecule has 0 aliphatic carbocycles. The summed E-state index contributed by atoms with van der Waals surface area (Å²) in [5, 5.41) is 0. The molecule has 8 heteroatoms. The van der Waals surface area contributed by atoms with Gasteiger partial charge >= 0.3 is 0 Å². The van der Waals surface area contributed by atoms with Gasteiger partial charge in [0.05, 0.1) is 28.3 Å². The van der Waals surface area contributed by atoms with Crippen molar-refractivity contribution in [1.29, 1.82) is 0 Å². The second-order valence-electron chi connectivity index (χ2n) is 6.12. The molecule has 0 fully saturated rings. The maximum Gasteiger partial charge on any atom is 0.249 e. The van der Waals surface area contributed by atoms with Crippen molar-refractivity contribution in [2.45, 2.75) is 18.7 Å². The van der Waals surface area contributed by atoms with Gasteiger partial charge in [-0.15, -0.1) is 6.42 Å². The molecule has 0 saturated carbocycles. The Labute approximate surface area is 166 Å². The van der Waals surface area contributed by atoms with Gasteiger partial charge in [-0.2, -0.15) is 4.99 Å². The molecule has 28 heavy (non-hydrogen) atoms. The molecule has 0 spiro atoms. The van der Waals surface area contributed by atoms with E-state index in [-0.39, 0.29) is 24.5 Å². The Bertz CT molecular complexity index is 1220. The van der Waals surface area contributed by atoms with Crippen LogP contribution >= 0.6 is 11.3 Å². The molecular weight excluding hydrogens is 399 g/mol. The second kappa shape index (κ2) is 8.50. The highest BCUT2D eigenvalue weighted by Crippen LogP contribution is 2.18. The fourth-order valence-corrected chi connectivity index (χ4v) is 5.08. The lowest BCUT2D eigenvalue weighted by Gasteiger charge is -2.03. The van der Waals surface area contributed by atoms with E-state index in [0.717, 1.165) is 11.3 Å². The van der Waals surface area contributed by atoms with Gasteiger partial charge in [-0.3, -0.25) is 4.79 Å².